The Bertz CT molecular complexity index is 782. The van der Waals surface area contributed by atoms with E-state index in [9.17, 15) is 18.3 Å². The number of sulfone groups is 1. The van der Waals surface area contributed by atoms with E-state index in [-0.39, 0.29) is 17.3 Å². The zero-order valence-corrected chi connectivity index (χ0v) is 15.1. The highest BCUT2D eigenvalue weighted by Crippen LogP contribution is 2.41. The molecule has 1 aliphatic carbocycles. The summed E-state index contributed by atoms with van der Waals surface area (Å²) in [5.74, 6) is -1.89. The highest BCUT2D eigenvalue weighted by Gasteiger charge is 2.47. The van der Waals surface area contributed by atoms with Crippen LogP contribution in [0.2, 0.25) is 0 Å². The molecule has 136 valence electrons. The van der Waals surface area contributed by atoms with Gasteiger partial charge in [-0.3, -0.25) is 4.79 Å². The predicted molar refractivity (Wildman–Crippen MR) is 94.7 cm³/mol. The second-order valence-corrected chi connectivity index (χ2v) is 8.17. The van der Waals surface area contributed by atoms with E-state index < -0.39 is 33.2 Å². The molecular formula is C18H23NO5S. The van der Waals surface area contributed by atoms with Gasteiger partial charge in [-0.25, -0.2) is 8.42 Å². The summed E-state index contributed by atoms with van der Waals surface area (Å²) in [7, 11) is -1.85. The zero-order valence-electron chi connectivity index (χ0n) is 14.3. The van der Waals surface area contributed by atoms with Gasteiger partial charge in [0.1, 0.15) is 5.60 Å². The maximum absolute atomic E-state index is 12.0. The number of rotatable bonds is 7. The molecule has 0 aliphatic heterocycles. The van der Waals surface area contributed by atoms with Crippen molar-refractivity contribution in [3.05, 3.63) is 54.1 Å². The number of allylic oxidation sites excluding steroid dienone is 2. The lowest BCUT2D eigenvalue weighted by molar-refractivity contribution is -0.130. The van der Waals surface area contributed by atoms with Crippen LogP contribution in [0.5, 0.6) is 0 Å². The van der Waals surface area contributed by atoms with Crippen molar-refractivity contribution in [3.63, 3.8) is 0 Å². The minimum absolute atomic E-state index is 0.00899. The Labute approximate surface area is 147 Å². The van der Waals surface area contributed by atoms with E-state index in [1.807, 2.05) is 0 Å². The molecule has 1 aliphatic rings. The number of nitrogens with two attached hydrogens (primary N) is 1. The Morgan fingerprint density at radius 1 is 1.32 bits per heavy atom. The lowest BCUT2D eigenvalue weighted by atomic mass is 9.71. The van der Waals surface area contributed by atoms with Crippen molar-refractivity contribution >= 4 is 15.7 Å². The molecule has 0 fully saturated rings. The highest BCUT2D eigenvalue weighted by molar-refractivity contribution is 7.91. The fraction of sp³-hybridized carbons (Fsp3) is 0.389. The summed E-state index contributed by atoms with van der Waals surface area (Å²) in [4.78, 5) is 12.1. The maximum atomic E-state index is 12.0. The van der Waals surface area contributed by atoms with Gasteiger partial charge in [0.05, 0.1) is 23.2 Å². The molecule has 0 bridgehead atoms. The monoisotopic (exact) mass is 365 g/mol. The molecular weight excluding hydrogens is 342 g/mol. The fourth-order valence-electron chi connectivity index (χ4n) is 3.21. The van der Waals surface area contributed by atoms with E-state index in [1.54, 1.807) is 43.4 Å². The second kappa shape index (κ2) is 7.51. The summed E-state index contributed by atoms with van der Waals surface area (Å²) in [6, 6.07) is 6.27. The molecule has 1 aromatic rings. The number of benzene rings is 1. The lowest BCUT2D eigenvalue weighted by Crippen LogP contribution is -2.50. The number of carbonyl (C=O) groups excluding carboxylic acids is 1. The molecule has 0 radical (unpaired) electrons. The number of methoxy groups -OCH3 is 1. The van der Waals surface area contributed by atoms with E-state index in [2.05, 4.69) is 0 Å². The van der Waals surface area contributed by atoms with Crippen LogP contribution in [0, 0.1) is 5.92 Å². The van der Waals surface area contributed by atoms with Crippen molar-refractivity contribution < 1.29 is 23.1 Å². The van der Waals surface area contributed by atoms with Crippen LogP contribution in [-0.2, 0) is 19.4 Å². The van der Waals surface area contributed by atoms with Crippen LogP contribution >= 0.6 is 0 Å². The van der Waals surface area contributed by atoms with Crippen molar-refractivity contribution in [2.45, 2.75) is 23.3 Å². The molecule has 3 atom stereocenters. The van der Waals surface area contributed by atoms with Crippen molar-refractivity contribution in [2.24, 2.45) is 11.7 Å². The first-order valence-corrected chi connectivity index (χ1v) is 9.61. The van der Waals surface area contributed by atoms with Gasteiger partial charge in [0.15, 0.2) is 9.84 Å². The van der Waals surface area contributed by atoms with Crippen LogP contribution in [0.15, 0.2) is 53.5 Å². The average Bonchev–Trinajstić information content (AvgIpc) is 2.62. The molecule has 2 rings (SSSR count). The summed E-state index contributed by atoms with van der Waals surface area (Å²) in [5.41, 5.74) is 5.04. The maximum Gasteiger partial charge on any atom is 0.227 e. The molecule has 3 unspecified atom stereocenters. The lowest BCUT2D eigenvalue weighted by Gasteiger charge is -2.41. The van der Waals surface area contributed by atoms with Gasteiger partial charge in [-0.15, -0.1) is 0 Å². The summed E-state index contributed by atoms with van der Waals surface area (Å²) >= 11 is 0. The predicted octanol–water partition coefficient (Wildman–Crippen LogP) is 1.17. The molecule has 25 heavy (non-hydrogen) atoms. The van der Waals surface area contributed by atoms with E-state index in [4.69, 9.17) is 10.5 Å². The molecule has 1 aromatic carbocycles. The quantitative estimate of drug-likeness (QED) is 0.754. The number of primary amides is 1. The molecule has 7 heteroatoms. The van der Waals surface area contributed by atoms with Gasteiger partial charge in [0.2, 0.25) is 5.91 Å². The number of amides is 1. The minimum Gasteiger partial charge on any atom is -0.396 e. The van der Waals surface area contributed by atoms with E-state index in [1.165, 1.54) is 19.2 Å². The van der Waals surface area contributed by atoms with Crippen molar-refractivity contribution in [3.8, 4) is 0 Å². The minimum atomic E-state index is -3.31. The molecule has 0 saturated carbocycles. The first-order chi connectivity index (χ1) is 11.8. The van der Waals surface area contributed by atoms with Crippen LogP contribution in [0.3, 0.4) is 0 Å². The smallest absolute Gasteiger partial charge is 0.227 e. The third-order valence-corrected chi connectivity index (χ3v) is 6.42. The van der Waals surface area contributed by atoms with E-state index >= 15 is 0 Å². The molecule has 0 aromatic heterocycles. The number of aliphatic hydroxyl groups excluding tert-OH is 1. The van der Waals surface area contributed by atoms with Gasteiger partial charge in [0, 0.05) is 13.0 Å². The van der Waals surface area contributed by atoms with Crippen molar-refractivity contribution in [1.29, 1.82) is 0 Å². The molecule has 0 spiro atoms. The van der Waals surface area contributed by atoms with Crippen LogP contribution < -0.4 is 5.73 Å². The molecule has 6 nitrogen and oxygen atoms in total. The molecule has 0 saturated heterocycles. The van der Waals surface area contributed by atoms with Crippen LogP contribution in [-0.4, -0.2) is 44.5 Å². The van der Waals surface area contributed by atoms with Gasteiger partial charge in [-0.2, -0.15) is 0 Å². The number of carbonyl (C=O) groups is 1. The third kappa shape index (κ3) is 3.53. The largest absolute Gasteiger partial charge is 0.396 e. The van der Waals surface area contributed by atoms with Crippen LogP contribution in [0.4, 0.5) is 0 Å². The average molecular weight is 365 g/mol. The van der Waals surface area contributed by atoms with Gasteiger partial charge < -0.3 is 15.6 Å². The first-order valence-electron chi connectivity index (χ1n) is 7.96. The first kappa shape index (κ1) is 19.4. The van der Waals surface area contributed by atoms with Crippen LogP contribution in [0.25, 0.3) is 0 Å². The number of ether oxygens (including phenoxy) is 1. The fourth-order valence-corrected chi connectivity index (χ4v) is 4.09. The van der Waals surface area contributed by atoms with Crippen molar-refractivity contribution in [2.75, 3.05) is 19.5 Å². The summed E-state index contributed by atoms with van der Waals surface area (Å²) in [6.07, 6.45) is 6.80. The molecule has 1 amide bonds. The zero-order chi connectivity index (χ0) is 18.7. The van der Waals surface area contributed by atoms with Crippen molar-refractivity contribution in [1.82, 2.24) is 0 Å². The summed E-state index contributed by atoms with van der Waals surface area (Å²) in [6.45, 7) is 1.28. The Morgan fingerprint density at radius 3 is 2.44 bits per heavy atom. The Morgan fingerprint density at radius 2 is 1.96 bits per heavy atom. The van der Waals surface area contributed by atoms with Gasteiger partial charge in [-0.05, 0) is 17.7 Å². The standard InChI is InChI=1S/C18H23NO5S/c1-3-25(22,23)14-9-7-13(8-10-14)16(12-20)18(24-2)11-5-4-6-15(18)17(19)21/h4-11,15-16,20H,3,12H2,1-2H3,(H2,19,21). The summed E-state index contributed by atoms with van der Waals surface area (Å²) < 4.78 is 29.6. The number of hydrogen-bond donors (Lipinski definition) is 2. The normalized spacial score (nSPS) is 24.2. The Kier molecular flexibility index (Phi) is 5.82. The second-order valence-electron chi connectivity index (χ2n) is 5.89. The van der Waals surface area contributed by atoms with E-state index in [0.717, 1.165) is 0 Å². The van der Waals surface area contributed by atoms with Crippen LogP contribution in [0.1, 0.15) is 18.4 Å². The third-order valence-electron chi connectivity index (χ3n) is 4.67. The van der Waals surface area contributed by atoms with E-state index in [0.29, 0.717) is 5.56 Å². The van der Waals surface area contributed by atoms with Gasteiger partial charge in [0.25, 0.3) is 0 Å². The van der Waals surface area contributed by atoms with Gasteiger partial charge in [-0.1, -0.05) is 43.4 Å². The topological polar surface area (TPSA) is 107 Å². The Balaban J connectivity index is 2.49. The van der Waals surface area contributed by atoms with Gasteiger partial charge >= 0.3 is 0 Å². The molecule has 3 N–H and O–H groups in total. The Hall–Kier alpha value is -1.96. The highest BCUT2D eigenvalue weighted by atomic mass is 32.2. The SMILES string of the molecule is CCS(=O)(=O)c1ccc(C(CO)C2(OC)C=CC=CC2C(N)=O)cc1. The molecule has 0 heterocycles. The number of hydrogen-bond acceptors (Lipinski definition) is 5. The summed E-state index contributed by atoms with van der Waals surface area (Å²) in [5, 5.41) is 9.99. The number of aliphatic hydroxyl groups is 1.